The van der Waals surface area contributed by atoms with Crippen LogP contribution in [0.25, 0.3) is 0 Å². The monoisotopic (exact) mass is 355 g/mol. The third-order valence-electron chi connectivity index (χ3n) is 3.67. The summed E-state index contributed by atoms with van der Waals surface area (Å²) in [5, 5.41) is 8.92. The van der Waals surface area contributed by atoms with Crippen molar-refractivity contribution in [3.05, 3.63) is 25.6 Å². The SMILES string of the molecule is N#CC[C@@H]1CCc2c(Br)c(Br)c3c(c21)CCO3. The summed E-state index contributed by atoms with van der Waals surface area (Å²) < 4.78 is 7.86. The second-order valence-corrected chi connectivity index (χ2v) is 6.11. The zero-order valence-corrected chi connectivity index (χ0v) is 12.4. The summed E-state index contributed by atoms with van der Waals surface area (Å²) in [5.74, 6) is 1.38. The molecule has 1 heterocycles. The van der Waals surface area contributed by atoms with Gasteiger partial charge in [-0.1, -0.05) is 0 Å². The van der Waals surface area contributed by atoms with Gasteiger partial charge in [-0.25, -0.2) is 0 Å². The molecule has 88 valence electrons. The lowest BCUT2D eigenvalue weighted by atomic mass is 9.92. The van der Waals surface area contributed by atoms with Gasteiger partial charge in [-0.3, -0.25) is 0 Å². The number of nitriles is 1. The highest BCUT2D eigenvalue weighted by Gasteiger charge is 2.33. The molecule has 0 fully saturated rings. The molecular formula is C13H11Br2NO. The fourth-order valence-corrected chi connectivity index (χ4v) is 4.14. The van der Waals surface area contributed by atoms with E-state index in [1.165, 1.54) is 16.7 Å². The molecule has 2 aliphatic rings. The highest BCUT2D eigenvalue weighted by Crippen LogP contribution is 2.50. The minimum absolute atomic E-state index is 0.398. The highest BCUT2D eigenvalue weighted by atomic mass is 79.9. The first-order chi connectivity index (χ1) is 8.24. The Morgan fingerprint density at radius 1 is 1.24 bits per heavy atom. The Morgan fingerprint density at radius 3 is 2.82 bits per heavy atom. The van der Waals surface area contributed by atoms with E-state index in [9.17, 15) is 0 Å². The zero-order valence-electron chi connectivity index (χ0n) is 9.22. The molecule has 0 N–H and O–H groups in total. The predicted molar refractivity (Wildman–Crippen MR) is 72.3 cm³/mol. The van der Waals surface area contributed by atoms with E-state index in [4.69, 9.17) is 10.00 Å². The summed E-state index contributed by atoms with van der Waals surface area (Å²) in [7, 11) is 0. The van der Waals surface area contributed by atoms with Crippen molar-refractivity contribution in [2.75, 3.05) is 6.61 Å². The molecule has 4 heteroatoms. The molecule has 0 spiro atoms. The molecule has 1 atom stereocenters. The Hall–Kier alpha value is -0.530. The second-order valence-electron chi connectivity index (χ2n) is 4.52. The number of hydrogen-bond acceptors (Lipinski definition) is 2. The fourth-order valence-electron chi connectivity index (χ4n) is 2.96. The van der Waals surface area contributed by atoms with E-state index in [1.807, 2.05) is 0 Å². The van der Waals surface area contributed by atoms with Crippen LogP contribution in [0, 0.1) is 11.3 Å². The lowest BCUT2D eigenvalue weighted by Gasteiger charge is -2.15. The summed E-state index contributed by atoms with van der Waals surface area (Å²) in [6.45, 7) is 0.760. The molecular weight excluding hydrogens is 346 g/mol. The van der Waals surface area contributed by atoms with Gasteiger partial charge in [0, 0.05) is 22.9 Å². The largest absolute Gasteiger partial charge is 0.492 e. The lowest BCUT2D eigenvalue weighted by Crippen LogP contribution is -1.98. The Bertz CT molecular complexity index is 533. The van der Waals surface area contributed by atoms with Gasteiger partial charge in [0.05, 0.1) is 17.1 Å². The summed E-state index contributed by atoms with van der Waals surface area (Å²) in [5.41, 5.74) is 4.09. The molecule has 0 unspecified atom stereocenters. The van der Waals surface area contributed by atoms with Gasteiger partial charge >= 0.3 is 0 Å². The predicted octanol–water partition coefficient (Wildman–Crippen LogP) is 4.09. The molecule has 1 aliphatic carbocycles. The molecule has 17 heavy (non-hydrogen) atoms. The molecule has 1 aromatic carbocycles. The van der Waals surface area contributed by atoms with Crippen LogP contribution in [0.3, 0.4) is 0 Å². The number of rotatable bonds is 1. The van der Waals surface area contributed by atoms with E-state index < -0.39 is 0 Å². The van der Waals surface area contributed by atoms with Gasteiger partial charge in [-0.2, -0.15) is 5.26 Å². The van der Waals surface area contributed by atoms with Crippen LogP contribution in [-0.2, 0) is 12.8 Å². The third kappa shape index (κ3) is 1.63. The number of nitrogens with zero attached hydrogens (tertiary/aromatic N) is 1. The lowest BCUT2D eigenvalue weighted by molar-refractivity contribution is 0.354. The minimum Gasteiger partial charge on any atom is -0.492 e. The smallest absolute Gasteiger partial charge is 0.138 e. The van der Waals surface area contributed by atoms with Crippen molar-refractivity contribution in [3.8, 4) is 11.8 Å². The average molecular weight is 357 g/mol. The van der Waals surface area contributed by atoms with E-state index in [2.05, 4.69) is 37.9 Å². The number of fused-ring (bicyclic) bond motifs is 3. The third-order valence-corrected chi connectivity index (χ3v) is 5.83. The van der Waals surface area contributed by atoms with Crippen LogP contribution in [0.2, 0.25) is 0 Å². The molecule has 0 amide bonds. The van der Waals surface area contributed by atoms with Crippen LogP contribution in [-0.4, -0.2) is 6.61 Å². The molecule has 0 saturated heterocycles. The molecule has 1 aliphatic heterocycles. The summed E-state index contributed by atoms with van der Waals surface area (Å²) >= 11 is 7.26. The first-order valence-electron chi connectivity index (χ1n) is 5.76. The maximum Gasteiger partial charge on any atom is 0.138 e. The highest BCUT2D eigenvalue weighted by molar-refractivity contribution is 9.13. The molecule has 2 nitrogen and oxygen atoms in total. The van der Waals surface area contributed by atoms with E-state index in [1.54, 1.807) is 0 Å². The number of ether oxygens (including phenoxy) is 1. The standard InChI is InChI=1S/C13H11Br2NO/c14-11-8-2-1-7(3-5-16)10(8)9-4-6-17-13(9)12(11)15/h7H,1-4,6H2/t7-/m0/s1. The quantitative estimate of drug-likeness (QED) is 0.759. The van der Waals surface area contributed by atoms with Gasteiger partial charge in [0.25, 0.3) is 0 Å². The fraction of sp³-hybridized carbons (Fsp3) is 0.462. The van der Waals surface area contributed by atoms with Crippen molar-refractivity contribution < 1.29 is 4.74 Å². The molecule has 0 bridgehead atoms. The van der Waals surface area contributed by atoms with Crippen LogP contribution in [0.1, 0.15) is 35.4 Å². The summed E-state index contributed by atoms with van der Waals surface area (Å²) in [6, 6.07) is 2.31. The molecule has 0 aromatic heterocycles. The zero-order chi connectivity index (χ0) is 12.0. The van der Waals surface area contributed by atoms with Gasteiger partial charge in [-0.15, -0.1) is 0 Å². The maximum absolute atomic E-state index is 8.92. The van der Waals surface area contributed by atoms with E-state index in [-0.39, 0.29) is 0 Å². The molecule has 1 aromatic rings. The van der Waals surface area contributed by atoms with E-state index >= 15 is 0 Å². The summed E-state index contributed by atoms with van der Waals surface area (Å²) in [4.78, 5) is 0. The van der Waals surface area contributed by atoms with Gasteiger partial charge < -0.3 is 4.74 Å². The topological polar surface area (TPSA) is 33.0 Å². The van der Waals surface area contributed by atoms with Gasteiger partial charge in [-0.05, 0) is 61.7 Å². The minimum atomic E-state index is 0.398. The van der Waals surface area contributed by atoms with Crippen molar-refractivity contribution in [1.29, 1.82) is 5.26 Å². The molecule has 3 rings (SSSR count). The second kappa shape index (κ2) is 4.29. The Labute approximate surface area is 117 Å². The first kappa shape index (κ1) is 11.6. The van der Waals surface area contributed by atoms with Crippen molar-refractivity contribution in [2.24, 2.45) is 0 Å². The summed E-state index contributed by atoms with van der Waals surface area (Å²) in [6.07, 6.45) is 3.75. The van der Waals surface area contributed by atoms with Crippen LogP contribution in [0.5, 0.6) is 5.75 Å². The molecule has 0 saturated carbocycles. The van der Waals surface area contributed by atoms with Crippen molar-refractivity contribution in [1.82, 2.24) is 0 Å². The van der Waals surface area contributed by atoms with Crippen LogP contribution in [0.4, 0.5) is 0 Å². The van der Waals surface area contributed by atoms with Crippen molar-refractivity contribution in [3.63, 3.8) is 0 Å². The van der Waals surface area contributed by atoms with E-state index in [0.717, 1.165) is 40.6 Å². The normalized spacial score (nSPS) is 20.6. The van der Waals surface area contributed by atoms with Crippen LogP contribution < -0.4 is 4.74 Å². The van der Waals surface area contributed by atoms with Crippen LogP contribution in [0.15, 0.2) is 8.95 Å². The van der Waals surface area contributed by atoms with Gasteiger partial charge in [0.2, 0.25) is 0 Å². The molecule has 0 radical (unpaired) electrons. The maximum atomic E-state index is 8.92. The van der Waals surface area contributed by atoms with Gasteiger partial charge in [0.15, 0.2) is 0 Å². The Balaban J connectivity index is 2.22. The first-order valence-corrected chi connectivity index (χ1v) is 7.35. The number of hydrogen-bond donors (Lipinski definition) is 0. The number of benzene rings is 1. The van der Waals surface area contributed by atoms with Crippen LogP contribution >= 0.6 is 31.9 Å². The van der Waals surface area contributed by atoms with E-state index in [0.29, 0.717) is 12.3 Å². The Morgan fingerprint density at radius 2 is 2.06 bits per heavy atom. The van der Waals surface area contributed by atoms with Gasteiger partial charge in [0.1, 0.15) is 5.75 Å². The Kier molecular flexibility index (Phi) is 2.92. The van der Waals surface area contributed by atoms with Crippen molar-refractivity contribution in [2.45, 2.75) is 31.6 Å². The average Bonchev–Trinajstić information content (AvgIpc) is 2.92. The number of halogens is 2. The van der Waals surface area contributed by atoms with Crippen molar-refractivity contribution >= 4 is 31.9 Å².